The van der Waals surface area contributed by atoms with Gasteiger partial charge in [-0.05, 0) is 31.2 Å². The second-order valence-corrected chi connectivity index (χ2v) is 7.25. The average molecular weight is 384 g/mol. The van der Waals surface area contributed by atoms with Crippen LogP contribution in [0.3, 0.4) is 0 Å². The van der Waals surface area contributed by atoms with E-state index in [1.54, 1.807) is 16.2 Å². The number of hydrogen-bond acceptors (Lipinski definition) is 5. The molecule has 1 saturated heterocycles. The van der Waals surface area contributed by atoms with E-state index in [0.29, 0.717) is 32.5 Å². The first-order chi connectivity index (χ1) is 12.3. The van der Waals surface area contributed by atoms with Gasteiger partial charge in [0.1, 0.15) is 17.3 Å². The fourth-order valence-corrected chi connectivity index (χ4v) is 3.61. The Hall–Kier alpha value is -2.16. The van der Waals surface area contributed by atoms with Crippen molar-refractivity contribution in [3.05, 3.63) is 40.0 Å². The molecule has 1 aliphatic rings. The molecule has 2 aromatic rings. The first-order valence-corrected chi connectivity index (χ1v) is 9.19. The number of rotatable bonds is 4. The monoisotopic (exact) mass is 384 g/mol. The SMILES string of the molecule is Cc1nc(N2CCC(C(=O)NCc3cccs3)CC2)cc(C(F)(F)F)n1. The summed E-state index contributed by atoms with van der Waals surface area (Å²) in [5.41, 5.74) is -0.934. The zero-order chi connectivity index (χ0) is 18.7. The van der Waals surface area contributed by atoms with Crippen LogP contribution in [0.25, 0.3) is 0 Å². The molecule has 3 heterocycles. The highest BCUT2D eigenvalue weighted by Crippen LogP contribution is 2.31. The minimum absolute atomic E-state index is 0.00658. The molecule has 3 rings (SSSR count). The maximum atomic E-state index is 12.9. The van der Waals surface area contributed by atoms with Gasteiger partial charge in [0, 0.05) is 30.0 Å². The van der Waals surface area contributed by atoms with E-state index in [1.165, 1.54) is 6.92 Å². The third-order valence-corrected chi connectivity index (χ3v) is 5.20. The summed E-state index contributed by atoms with van der Waals surface area (Å²) in [6.07, 6.45) is -3.33. The lowest BCUT2D eigenvalue weighted by Gasteiger charge is -2.32. The molecule has 1 N–H and O–H groups in total. The van der Waals surface area contributed by atoms with Crippen LogP contribution in [-0.4, -0.2) is 29.0 Å². The van der Waals surface area contributed by atoms with Gasteiger partial charge in [-0.2, -0.15) is 13.2 Å². The lowest BCUT2D eigenvalue weighted by Crippen LogP contribution is -2.40. The highest BCUT2D eigenvalue weighted by molar-refractivity contribution is 7.09. The number of alkyl halides is 3. The molecule has 1 fully saturated rings. The highest BCUT2D eigenvalue weighted by atomic mass is 32.1. The second-order valence-electron chi connectivity index (χ2n) is 6.21. The number of anilines is 1. The average Bonchev–Trinajstić information content (AvgIpc) is 3.12. The van der Waals surface area contributed by atoms with Crippen molar-refractivity contribution in [1.82, 2.24) is 15.3 Å². The molecular formula is C17H19F3N4OS. The number of hydrogen-bond donors (Lipinski definition) is 1. The molecule has 0 unspecified atom stereocenters. The van der Waals surface area contributed by atoms with Gasteiger partial charge in [0.2, 0.25) is 5.91 Å². The van der Waals surface area contributed by atoms with E-state index in [1.807, 2.05) is 17.5 Å². The molecule has 0 aromatic carbocycles. The van der Waals surface area contributed by atoms with Crippen molar-refractivity contribution in [2.24, 2.45) is 5.92 Å². The maximum absolute atomic E-state index is 12.9. The summed E-state index contributed by atoms with van der Waals surface area (Å²) in [5, 5.41) is 4.88. The van der Waals surface area contributed by atoms with Crippen molar-refractivity contribution in [3.8, 4) is 0 Å². The molecule has 0 bridgehead atoms. The number of thiophene rings is 1. The minimum atomic E-state index is -4.50. The molecule has 140 valence electrons. The van der Waals surface area contributed by atoms with E-state index in [9.17, 15) is 18.0 Å². The molecule has 9 heteroatoms. The summed E-state index contributed by atoms with van der Waals surface area (Å²) in [7, 11) is 0. The van der Waals surface area contributed by atoms with Crippen LogP contribution in [0.1, 0.15) is 29.2 Å². The molecule has 1 amide bonds. The van der Waals surface area contributed by atoms with Crippen LogP contribution < -0.4 is 10.2 Å². The molecule has 0 aliphatic carbocycles. The fraction of sp³-hybridized carbons (Fsp3) is 0.471. The van der Waals surface area contributed by atoms with E-state index in [0.717, 1.165) is 10.9 Å². The Balaban J connectivity index is 1.58. The number of aryl methyl sites for hydroxylation is 1. The number of carbonyl (C=O) groups excluding carboxylic acids is 1. The fourth-order valence-electron chi connectivity index (χ4n) is 2.96. The van der Waals surface area contributed by atoms with Gasteiger partial charge in [0.25, 0.3) is 0 Å². The molecule has 2 aromatic heterocycles. The van der Waals surface area contributed by atoms with E-state index in [-0.39, 0.29) is 23.5 Å². The number of halogens is 3. The van der Waals surface area contributed by atoms with Crippen LogP contribution in [0.5, 0.6) is 0 Å². The number of carbonyl (C=O) groups is 1. The van der Waals surface area contributed by atoms with Crippen LogP contribution in [0.2, 0.25) is 0 Å². The van der Waals surface area contributed by atoms with Crippen LogP contribution in [-0.2, 0) is 17.5 Å². The standard InChI is InChI=1S/C17H19F3N4OS/c1-11-22-14(17(18,19)20)9-15(23-11)24-6-4-12(5-7-24)16(25)21-10-13-3-2-8-26-13/h2-3,8-9,12H,4-7,10H2,1H3,(H,21,25). The summed E-state index contributed by atoms with van der Waals surface area (Å²) in [4.78, 5) is 22.7. The van der Waals surface area contributed by atoms with Gasteiger partial charge in [-0.15, -0.1) is 11.3 Å². The summed E-state index contributed by atoms with van der Waals surface area (Å²) in [6.45, 7) is 2.94. The van der Waals surface area contributed by atoms with Crippen molar-refractivity contribution >= 4 is 23.1 Å². The Morgan fingerprint density at radius 1 is 1.35 bits per heavy atom. The zero-order valence-corrected chi connectivity index (χ0v) is 15.0. The van der Waals surface area contributed by atoms with E-state index >= 15 is 0 Å². The summed E-state index contributed by atoms with van der Waals surface area (Å²) >= 11 is 1.58. The Kier molecular flexibility index (Phi) is 5.45. The number of nitrogens with one attached hydrogen (secondary N) is 1. The van der Waals surface area contributed by atoms with E-state index in [4.69, 9.17) is 0 Å². The largest absolute Gasteiger partial charge is 0.433 e. The van der Waals surface area contributed by atoms with Crippen LogP contribution in [0.15, 0.2) is 23.6 Å². The third kappa shape index (κ3) is 4.51. The molecule has 1 aliphatic heterocycles. The van der Waals surface area contributed by atoms with E-state index in [2.05, 4.69) is 15.3 Å². The third-order valence-electron chi connectivity index (χ3n) is 4.32. The van der Waals surface area contributed by atoms with Crippen molar-refractivity contribution in [2.45, 2.75) is 32.5 Å². The molecule has 0 saturated carbocycles. The highest BCUT2D eigenvalue weighted by Gasteiger charge is 2.34. The van der Waals surface area contributed by atoms with Crippen LogP contribution in [0, 0.1) is 12.8 Å². The van der Waals surface area contributed by atoms with Gasteiger partial charge < -0.3 is 10.2 Å². The second kappa shape index (κ2) is 7.61. The summed E-state index contributed by atoms with van der Waals surface area (Å²) < 4.78 is 38.8. The van der Waals surface area contributed by atoms with Gasteiger partial charge in [-0.1, -0.05) is 6.07 Å². The predicted octanol–water partition coefficient (Wildman–Crippen LogP) is 3.40. The molecule has 0 atom stereocenters. The van der Waals surface area contributed by atoms with Crippen LogP contribution in [0.4, 0.5) is 19.0 Å². The van der Waals surface area contributed by atoms with Gasteiger partial charge in [0.15, 0.2) is 0 Å². The lowest BCUT2D eigenvalue weighted by molar-refractivity contribution is -0.141. The Morgan fingerprint density at radius 3 is 2.69 bits per heavy atom. The van der Waals surface area contributed by atoms with Crippen molar-refractivity contribution < 1.29 is 18.0 Å². The van der Waals surface area contributed by atoms with Crippen LogP contribution >= 0.6 is 11.3 Å². The Bertz CT molecular complexity index is 756. The number of amides is 1. The van der Waals surface area contributed by atoms with Crippen molar-refractivity contribution in [1.29, 1.82) is 0 Å². The number of aromatic nitrogens is 2. The number of nitrogens with zero attached hydrogens (tertiary/aromatic N) is 3. The number of piperidine rings is 1. The minimum Gasteiger partial charge on any atom is -0.356 e. The van der Waals surface area contributed by atoms with Crippen molar-refractivity contribution in [2.75, 3.05) is 18.0 Å². The Labute approximate surface area is 153 Å². The molecule has 26 heavy (non-hydrogen) atoms. The lowest BCUT2D eigenvalue weighted by atomic mass is 9.96. The van der Waals surface area contributed by atoms with Gasteiger partial charge in [0.05, 0.1) is 6.54 Å². The zero-order valence-electron chi connectivity index (χ0n) is 14.2. The molecule has 5 nitrogen and oxygen atoms in total. The van der Waals surface area contributed by atoms with Crippen molar-refractivity contribution in [3.63, 3.8) is 0 Å². The first kappa shape index (κ1) is 18.6. The predicted molar refractivity (Wildman–Crippen MR) is 92.9 cm³/mol. The Morgan fingerprint density at radius 2 is 2.08 bits per heavy atom. The summed E-state index contributed by atoms with van der Waals surface area (Å²) in [5.74, 6) is 0.219. The topological polar surface area (TPSA) is 58.1 Å². The molecular weight excluding hydrogens is 365 g/mol. The molecule has 0 radical (unpaired) electrons. The summed E-state index contributed by atoms with van der Waals surface area (Å²) in [6, 6.07) is 4.87. The van der Waals surface area contributed by atoms with E-state index < -0.39 is 11.9 Å². The maximum Gasteiger partial charge on any atom is 0.433 e. The smallest absolute Gasteiger partial charge is 0.356 e. The van der Waals surface area contributed by atoms with Gasteiger partial charge >= 0.3 is 6.18 Å². The van der Waals surface area contributed by atoms with Gasteiger partial charge in [-0.25, -0.2) is 9.97 Å². The first-order valence-electron chi connectivity index (χ1n) is 8.31. The van der Waals surface area contributed by atoms with Gasteiger partial charge in [-0.3, -0.25) is 4.79 Å². The normalized spacial score (nSPS) is 15.9. The quantitative estimate of drug-likeness (QED) is 0.878. The molecule has 0 spiro atoms.